The standard InChI is InChI=1S/C9H16N4O2/c1-6(2)10-9-8(13(14)15)5-12(11-9)7(3)4/h5-7H,1-4H3,(H,10,11). The van der Waals surface area contributed by atoms with Gasteiger partial charge in [-0.05, 0) is 27.7 Å². The van der Waals surface area contributed by atoms with Crippen LogP contribution < -0.4 is 5.32 Å². The van der Waals surface area contributed by atoms with Gasteiger partial charge in [0.15, 0.2) is 0 Å². The van der Waals surface area contributed by atoms with Crippen LogP contribution >= 0.6 is 0 Å². The summed E-state index contributed by atoms with van der Waals surface area (Å²) in [5.74, 6) is 0.337. The van der Waals surface area contributed by atoms with Gasteiger partial charge >= 0.3 is 5.69 Å². The Kier molecular flexibility index (Phi) is 3.28. The van der Waals surface area contributed by atoms with Gasteiger partial charge in [-0.15, -0.1) is 5.10 Å². The van der Waals surface area contributed by atoms with Crippen molar-refractivity contribution in [2.45, 2.75) is 39.8 Å². The summed E-state index contributed by atoms with van der Waals surface area (Å²) in [5.41, 5.74) is 0.0254. The van der Waals surface area contributed by atoms with Gasteiger partial charge < -0.3 is 5.32 Å². The molecule has 0 fully saturated rings. The third-order valence-electron chi connectivity index (χ3n) is 1.86. The minimum Gasteiger partial charge on any atom is -0.361 e. The Morgan fingerprint density at radius 2 is 2.07 bits per heavy atom. The lowest BCUT2D eigenvalue weighted by molar-refractivity contribution is -0.384. The van der Waals surface area contributed by atoms with Gasteiger partial charge in [-0.1, -0.05) is 0 Å². The summed E-state index contributed by atoms with van der Waals surface area (Å²) in [6.07, 6.45) is 1.45. The highest BCUT2D eigenvalue weighted by molar-refractivity contribution is 5.54. The van der Waals surface area contributed by atoms with Gasteiger partial charge in [0, 0.05) is 12.1 Å². The number of nitrogens with one attached hydrogen (secondary N) is 1. The fraction of sp³-hybridized carbons (Fsp3) is 0.667. The van der Waals surface area contributed by atoms with Crippen molar-refractivity contribution >= 4 is 11.5 Å². The predicted molar refractivity (Wildman–Crippen MR) is 58.0 cm³/mol. The molecule has 1 N–H and O–H groups in total. The Morgan fingerprint density at radius 3 is 2.47 bits per heavy atom. The van der Waals surface area contributed by atoms with Crippen LogP contribution in [0.25, 0.3) is 0 Å². The molecule has 0 atom stereocenters. The largest absolute Gasteiger partial charge is 0.361 e. The monoisotopic (exact) mass is 212 g/mol. The highest BCUT2D eigenvalue weighted by Crippen LogP contribution is 2.24. The van der Waals surface area contributed by atoms with E-state index in [0.29, 0.717) is 5.82 Å². The van der Waals surface area contributed by atoms with Gasteiger partial charge in [-0.25, -0.2) is 0 Å². The van der Waals surface area contributed by atoms with Gasteiger partial charge in [0.2, 0.25) is 5.82 Å². The summed E-state index contributed by atoms with van der Waals surface area (Å²) in [5, 5.41) is 17.8. The number of nitro groups is 1. The number of anilines is 1. The van der Waals surface area contributed by atoms with Crippen molar-refractivity contribution in [1.82, 2.24) is 9.78 Å². The SMILES string of the molecule is CC(C)Nc1nn(C(C)C)cc1[N+](=O)[O-]. The molecule has 0 radical (unpaired) electrons. The molecule has 0 aliphatic heterocycles. The molecule has 1 rings (SSSR count). The summed E-state index contributed by atoms with van der Waals surface area (Å²) in [4.78, 5) is 10.3. The van der Waals surface area contributed by atoms with Gasteiger partial charge in [0.05, 0.1) is 4.92 Å². The van der Waals surface area contributed by atoms with E-state index in [0.717, 1.165) is 0 Å². The maximum absolute atomic E-state index is 10.8. The number of hydrogen-bond donors (Lipinski definition) is 1. The number of rotatable bonds is 4. The van der Waals surface area contributed by atoms with Crippen molar-refractivity contribution in [2.75, 3.05) is 5.32 Å². The molecule has 15 heavy (non-hydrogen) atoms. The van der Waals surface area contributed by atoms with Crippen molar-refractivity contribution in [1.29, 1.82) is 0 Å². The summed E-state index contributed by atoms with van der Waals surface area (Å²) < 4.78 is 1.59. The van der Waals surface area contributed by atoms with Gasteiger partial charge in [-0.3, -0.25) is 14.8 Å². The average molecular weight is 212 g/mol. The Balaban J connectivity index is 3.06. The summed E-state index contributed by atoms with van der Waals surface area (Å²) >= 11 is 0. The molecular formula is C9H16N4O2. The lowest BCUT2D eigenvalue weighted by Gasteiger charge is -2.06. The van der Waals surface area contributed by atoms with Gasteiger partial charge in [0.1, 0.15) is 6.20 Å². The van der Waals surface area contributed by atoms with E-state index in [1.807, 2.05) is 27.7 Å². The van der Waals surface area contributed by atoms with E-state index in [1.54, 1.807) is 4.68 Å². The second kappa shape index (κ2) is 4.29. The first-order chi connectivity index (χ1) is 6.91. The maximum atomic E-state index is 10.8. The third kappa shape index (κ3) is 2.68. The van der Waals surface area contributed by atoms with Crippen LogP contribution in [0.2, 0.25) is 0 Å². The minimum atomic E-state index is -0.420. The van der Waals surface area contributed by atoms with Gasteiger partial charge in [0.25, 0.3) is 0 Å². The fourth-order valence-electron chi connectivity index (χ4n) is 1.16. The molecule has 0 aliphatic carbocycles. The Hall–Kier alpha value is -1.59. The maximum Gasteiger partial charge on any atom is 0.330 e. The van der Waals surface area contributed by atoms with Gasteiger partial charge in [-0.2, -0.15) is 0 Å². The zero-order chi connectivity index (χ0) is 11.6. The van der Waals surface area contributed by atoms with Crippen LogP contribution in [0.3, 0.4) is 0 Å². The Labute approximate surface area is 88.4 Å². The molecule has 1 aromatic rings. The van der Waals surface area contributed by atoms with Crippen LogP contribution in [0, 0.1) is 10.1 Å². The first-order valence-electron chi connectivity index (χ1n) is 4.92. The lowest BCUT2D eigenvalue weighted by Crippen LogP contribution is -2.12. The van der Waals surface area contributed by atoms with E-state index in [4.69, 9.17) is 0 Å². The zero-order valence-corrected chi connectivity index (χ0v) is 9.39. The first-order valence-corrected chi connectivity index (χ1v) is 4.92. The summed E-state index contributed by atoms with van der Waals surface area (Å²) in [7, 11) is 0. The highest BCUT2D eigenvalue weighted by Gasteiger charge is 2.20. The number of aromatic nitrogens is 2. The molecular weight excluding hydrogens is 196 g/mol. The fourth-order valence-corrected chi connectivity index (χ4v) is 1.16. The Morgan fingerprint density at radius 1 is 1.47 bits per heavy atom. The normalized spacial score (nSPS) is 11.1. The second-order valence-corrected chi connectivity index (χ2v) is 3.99. The quantitative estimate of drug-likeness (QED) is 0.613. The first kappa shape index (κ1) is 11.5. The van der Waals surface area contributed by atoms with Crippen LogP contribution in [0.15, 0.2) is 6.20 Å². The molecule has 0 amide bonds. The van der Waals surface area contributed by atoms with Crippen molar-refractivity contribution in [3.05, 3.63) is 16.3 Å². The molecule has 1 heterocycles. The second-order valence-electron chi connectivity index (χ2n) is 3.99. The van der Waals surface area contributed by atoms with Crippen LogP contribution in [0.5, 0.6) is 0 Å². The molecule has 6 heteroatoms. The molecule has 0 saturated carbocycles. The molecule has 0 bridgehead atoms. The molecule has 1 aromatic heterocycles. The molecule has 6 nitrogen and oxygen atoms in total. The van der Waals surface area contributed by atoms with Crippen LogP contribution in [-0.2, 0) is 0 Å². The molecule has 84 valence electrons. The van der Waals surface area contributed by atoms with E-state index in [2.05, 4.69) is 10.4 Å². The van der Waals surface area contributed by atoms with E-state index in [-0.39, 0.29) is 17.8 Å². The molecule has 0 aliphatic rings. The van der Waals surface area contributed by atoms with Crippen molar-refractivity contribution in [3.8, 4) is 0 Å². The molecule has 0 saturated heterocycles. The predicted octanol–water partition coefficient (Wildman–Crippen LogP) is 2.19. The topological polar surface area (TPSA) is 73.0 Å². The minimum absolute atomic E-state index is 0.0254. The van der Waals surface area contributed by atoms with Crippen molar-refractivity contribution in [3.63, 3.8) is 0 Å². The van der Waals surface area contributed by atoms with Crippen molar-refractivity contribution in [2.24, 2.45) is 0 Å². The average Bonchev–Trinajstić information content (AvgIpc) is 2.46. The third-order valence-corrected chi connectivity index (χ3v) is 1.86. The van der Waals surface area contributed by atoms with E-state index in [1.165, 1.54) is 6.20 Å². The van der Waals surface area contributed by atoms with Crippen molar-refractivity contribution < 1.29 is 4.92 Å². The number of hydrogen-bond acceptors (Lipinski definition) is 4. The highest BCUT2D eigenvalue weighted by atomic mass is 16.6. The Bertz CT molecular complexity index is 357. The van der Waals surface area contributed by atoms with E-state index >= 15 is 0 Å². The number of nitrogens with zero attached hydrogens (tertiary/aromatic N) is 3. The molecule has 0 aromatic carbocycles. The molecule has 0 unspecified atom stereocenters. The van der Waals surface area contributed by atoms with E-state index < -0.39 is 4.92 Å². The summed E-state index contributed by atoms with van der Waals surface area (Å²) in [6.45, 7) is 7.68. The van der Waals surface area contributed by atoms with Crippen LogP contribution in [0.1, 0.15) is 33.7 Å². The van der Waals surface area contributed by atoms with Crippen LogP contribution in [0.4, 0.5) is 11.5 Å². The molecule has 0 spiro atoms. The van der Waals surface area contributed by atoms with Crippen LogP contribution in [-0.4, -0.2) is 20.7 Å². The summed E-state index contributed by atoms with van der Waals surface area (Å²) in [6, 6.07) is 0.241. The smallest absolute Gasteiger partial charge is 0.330 e. The van der Waals surface area contributed by atoms with E-state index in [9.17, 15) is 10.1 Å². The zero-order valence-electron chi connectivity index (χ0n) is 9.39. The lowest BCUT2D eigenvalue weighted by atomic mass is 10.4.